The lowest BCUT2D eigenvalue weighted by Crippen LogP contribution is -1.93. The van der Waals surface area contributed by atoms with Crippen molar-refractivity contribution in [2.45, 2.75) is 0 Å². The van der Waals surface area contributed by atoms with Gasteiger partial charge in [0.1, 0.15) is 28.5 Å². The van der Waals surface area contributed by atoms with Crippen molar-refractivity contribution >= 4 is 39.0 Å². The minimum Gasteiger partial charge on any atom is -0.311 e. The van der Waals surface area contributed by atoms with Gasteiger partial charge in [0.2, 0.25) is 0 Å². The van der Waals surface area contributed by atoms with E-state index in [1.54, 1.807) is 30.3 Å². The molecule has 1 aliphatic carbocycles. The fourth-order valence-electron chi connectivity index (χ4n) is 4.19. The van der Waals surface area contributed by atoms with Gasteiger partial charge in [-0.2, -0.15) is 10.5 Å². The summed E-state index contributed by atoms with van der Waals surface area (Å²) in [5.74, 6) is 0.795. The maximum absolute atomic E-state index is 9.67. The van der Waals surface area contributed by atoms with Crippen molar-refractivity contribution in [3.63, 3.8) is 0 Å². The third kappa shape index (κ3) is 3.39. The number of nitriles is 3. The Balaban J connectivity index is 1.76. The molecule has 0 saturated carbocycles. The minimum atomic E-state index is -0.112. The summed E-state index contributed by atoms with van der Waals surface area (Å²) >= 11 is 1.36. The lowest BCUT2D eigenvalue weighted by Gasteiger charge is -2.04. The van der Waals surface area contributed by atoms with Gasteiger partial charge in [-0.1, -0.05) is 65.9 Å². The van der Waals surface area contributed by atoms with Gasteiger partial charge in [-0.15, -0.1) is 0 Å². The Morgan fingerprint density at radius 2 is 1.60 bits per heavy atom. The van der Waals surface area contributed by atoms with Crippen LogP contribution in [0.25, 0.3) is 43.9 Å². The van der Waals surface area contributed by atoms with Gasteiger partial charge in [-0.05, 0) is 22.8 Å². The van der Waals surface area contributed by atoms with E-state index in [0.717, 1.165) is 16.2 Å². The molecule has 2 heterocycles. The number of hydrogen-bond donors (Lipinski definition) is 0. The number of rotatable bonds is 2. The number of benzene rings is 2. The van der Waals surface area contributed by atoms with Crippen LogP contribution in [0.3, 0.4) is 0 Å². The number of allylic oxidation sites excluding steroid dienone is 5. The first kappa shape index (κ1) is 21.6. The third-order valence-corrected chi connectivity index (χ3v) is 6.57. The van der Waals surface area contributed by atoms with Crippen molar-refractivity contribution in [3.8, 4) is 29.6 Å². The van der Waals surface area contributed by atoms with Crippen LogP contribution in [0.5, 0.6) is 0 Å². The lowest BCUT2D eigenvalue weighted by atomic mass is 9.98. The highest BCUT2D eigenvalue weighted by atomic mass is 32.1. The highest BCUT2D eigenvalue weighted by Crippen LogP contribution is 2.49. The first-order valence-corrected chi connectivity index (χ1v) is 11.2. The highest BCUT2D eigenvalue weighted by molar-refractivity contribution is 7.18. The van der Waals surface area contributed by atoms with E-state index in [0.29, 0.717) is 38.5 Å². The van der Waals surface area contributed by atoms with Crippen LogP contribution in [0.2, 0.25) is 0 Å². The molecule has 2 aromatic heterocycles. The summed E-state index contributed by atoms with van der Waals surface area (Å²) in [7, 11) is 1.90. The van der Waals surface area contributed by atoms with E-state index >= 15 is 0 Å². The maximum atomic E-state index is 9.67. The van der Waals surface area contributed by atoms with Gasteiger partial charge in [0.05, 0.1) is 12.6 Å². The first-order chi connectivity index (χ1) is 17.1. The van der Waals surface area contributed by atoms with E-state index in [4.69, 9.17) is 16.5 Å². The molecule has 1 aliphatic rings. The average molecular weight is 468 g/mol. The molecule has 162 valence electrons. The molecular formula is C27H13N7S. The molecule has 8 heteroatoms. The van der Waals surface area contributed by atoms with E-state index in [2.05, 4.69) is 4.85 Å². The van der Waals surface area contributed by atoms with Crippen molar-refractivity contribution in [3.05, 3.63) is 99.0 Å². The van der Waals surface area contributed by atoms with Crippen molar-refractivity contribution in [1.29, 1.82) is 15.8 Å². The zero-order valence-corrected chi connectivity index (χ0v) is 19.1. The summed E-state index contributed by atoms with van der Waals surface area (Å²) in [4.78, 5) is 13.7. The van der Waals surface area contributed by atoms with Gasteiger partial charge in [0.25, 0.3) is 5.70 Å². The number of imidazole rings is 1. The highest BCUT2D eigenvalue weighted by Gasteiger charge is 2.32. The fraction of sp³-hybridized carbons (Fsp3) is 0.0370. The Morgan fingerprint density at radius 3 is 2.20 bits per heavy atom. The maximum Gasteiger partial charge on any atom is 0.270 e. The van der Waals surface area contributed by atoms with Crippen LogP contribution in [0.1, 0.15) is 16.1 Å². The summed E-state index contributed by atoms with van der Waals surface area (Å²) in [6.07, 6.45) is 1.73. The van der Waals surface area contributed by atoms with Gasteiger partial charge in [0, 0.05) is 23.8 Å². The largest absolute Gasteiger partial charge is 0.311 e. The molecule has 0 unspecified atom stereocenters. The van der Waals surface area contributed by atoms with E-state index in [-0.39, 0.29) is 11.3 Å². The SMILES string of the molecule is [C-]#[N+]/C(C#N)=C1\C(=C/c2nc3c(nc(-c4ccccc4)n3C)s2)C(=C(C#N)C#N)c2ccccc21. The van der Waals surface area contributed by atoms with Crippen molar-refractivity contribution < 1.29 is 0 Å². The van der Waals surface area contributed by atoms with Crippen LogP contribution < -0.4 is 0 Å². The van der Waals surface area contributed by atoms with Gasteiger partial charge in [0.15, 0.2) is 10.5 Å². The molecule has 0 atom stereocenters. The van der Waals surface area contributed by atoms with Crippen LogP contribution >= 0.6 is 11.3 Å². The van der Waals surface area contributed by atoms with Crippen LogP contribution in [-0.2, 0) is 7.05 Å². The van der Waals surface area contributed by atoms with Crippen LogP contribution in [-0.4, -0.2) is 14.5 Å². The molecule has 0 saturated heterocycles. The van der Waals surface area contributed by atoms with E-state index in [1.165, 1.54) is 11.3 Å². The summed E-state index contributed by atoms with van der Waals surface area (Å²) < 4.78 is 1.91. The van der Waals surface area contributed by atoms with Gasteiger partial charge >= 0.3 is 0 Å². The topological polar surface area (TPSA) is 106 Å². The van der Waals surface area contributed by atoms with Crippen molar-refractivity contribution in [2.24, 2.45) is 7.05 Å². The summed E-state index contributed by atoms with van der Waals surface area (Å²) in [6, 6.07) is 22.9. The second kappa shape index (κ2) is 8.58. The molecule has 0 N–H and O–H groups in total. The zero-order chi connectivity index (χ0) is 24.5. The Hall–Kier alpha value is -5.28. The number of hydrogen-bond acceptors (Lipinski definition) is 6. The Kier molecular flexibility index (Phi) is 5.28. The van der Waals surface area contributed by atoms with Crippen LogP contribution in [0, 0.1) is 40.6 Å². The van der Waals surface area contributed by atoms with Gasteiger partial charge in [-0.25, -0.2) is 20.1 Å². The second-order valence-electron chi connectivity index (χ2n) is 7.57. The van der Waals surface area contributed by atoms with Crippen LogP contribution in [0.15, 0.2) is 71.4 Å². The van der Waals surface area contributed by atoms with E-state index < -0.39 is 0 Å². The molecule has 0 bridgehead atoms. The molecule has 0 aliphatic heterocycles. The number of aromatic nitrogens is 3. The summed E-state index contributed by atoms with van der Waals surface area (Å²) in [6.45, 7) is 7.54. The predicted octanol–water partition coefficient (Wildman–Crippen LogP) is 5.75. The second-order valence-corrected chi connectivity index (χ2v) is 8.57. The lowest BCUT2D eigenvalue weighted by molar-refractivity contribution is 0.942. The molecule has 5 rings (SSSR count). The molecule has 7 nitrogen and oxygen atoms in total. The smallest absolute Gasteiger partial charge is 0.270 e. The van der Waals surface area contributed by atoms with Crippen molar-refractivity contribution in [1.82, 2.24) is 14.5 Å². The molecule has 0 spiro atoms. The van der Waals surface area contributed by atoms with E-state index in [9.17, 15) is 15.8 Å². The Morgan fingerprint density at radius 1 is 0.943 bits per heavy atom. The first-order valence-electron chi connectivity index (χ1n) is 10.4. The molecule has 4 aromatic rings. The number of fused-ring (bicyclic) bond motifs is 2. The number of thiazole rings is 1. The Bertz CT molecular complexity index is 1680. The quantitative estimate of drug-likeness (QED) is 0.276. The van der Waals surface area contributed by atoms with E-state index in [1.807, 2.05) is 60.2 Å². The third-order valence-electron chi connectivity index (χ3n) is 5.68. The molecule has 0 amide bonds. The monoisotopic (exact) mass is 467 g/mol. The molecule has 0 radical (unpaired) electrons. The fourth-order valence-corrected chi connectivity index (χ4v) is 5.10. The van der Waals surface area contributed by atoms with Crippen molar-refractivity contribution in [2.75, 3.05) is 0 Å². The van der Waals surface area contributed by atoms with Gasteiger partial charge < -0.3 is 4.57 Å². The van der Waals surface area contributed by atoms with Crippen LogP contribution in [0.4, 0.5) is 0 Å². The van der Waals surface area contributed by atoms with Gasteiger partial charge in [-0.3, -0.25) is 0 Å². The molecule has 0 fully saturated rings. The molecule has 2 aromatic carbocycles. The molecule has 35 heavy (non-hydrogen) atoms. The summed E-state index contributed by atoms with van der Waals surface area (Å²) in [5.41, 5.74) is 3.99. The average Bonchev–Trinajstić information content (AvgIpc) is 3.53. The number of nitrogens with zero attached hydrogens (tertiary/aromatic N) is 7. The molecular weight excluding hydrogens is 454 g/mol. The number of aryl methyl sites for hydroxylation is 1. The standard InChI is InChI=1S/C27H13N7S/c1-31-21(15-30)24-19-11-7-6-10-18(19)23(17(13-28)14-29)20(24)12-22-32-26-27(35-22)33-25(34(26)2)16-8-4-3-5-9-16/h3-12H,2H3/b20-12-,24-21-. The zero-order valence-electron chi connectivity index (χ0n) is 18.3. The normalized spacial score (nSPS) is 14.7. The summed E-state index contributed by atoms with van der Waals surface area (Å²) in [5, 5.41) is 29.6. The minimum absolute atomic E-state index is 0.0911. The predicted molar refractivity (Wildman–Crippen MR) is 134 cm³/mol. The Labute approximate surface area is 204 Å².